The van der Waals surface area contributed by atoms with Gasteiger partial charge in [-0.25, -0.2) is 9.97 Å². The van der Waals surface area contributed by atoms with Crippen LogP contribution in [0.5, 0.6) is 0 Å². The molecule has 9 aromatic carbocycles. The molecule has 0 unspecified atom stereocenters. The van der Waals surface area contributed by atoms with Crippen LogP contribution >= 0.6 is 0 Å². The summed E-state index contributed by atoms with van der Waals surface area (Å²) < 4.78 is 4.64. The Balaban J connectivity index is 1.25. The second kappa shape index (κ2) is 12.9. The number of para-hydroxylation sites is 3. The summed E-state index contributed by atoms with van der Waals surface area (Å²) in [6.07, 6.45) is 0. The predicted molar refractivity (Wildman–Crippen MR) is 242 cm³/mol. The highest BCUT2D eigenvalue weighted by atomic mass is 15.2. The van der Waals surface area contributed by atoms with Crippen molar-refractivity contribution >= 4 is 65.3 Å². The van der Waals surface area contributed by atoms with E-state index >= 15 is 0 Å². The second-order valence-electron chi connectivity index (χ2n) is 15.0. The van der Waals surface area contributed by atoms with Crippen LogP contribution in [0.3, 0.4) is 0 Å². The van der Waals surface area contributed by atoms with Crippen LogP contribution in [0, 0.1) is 0 Å². The largest absolute Gasteiger partial charge is 0.309 e. The van der Waals surface area contributed by atoms with Crippen molar-refractivity contribution in [3.8, 4) is 45.1 Å². The molecule has 4 heteroatoms. The van der Waals surface area contributed by atoms with Crippen LogP contribution in [-0.2, 0) is 0 Å². The number of nitrogens with zero attached hydrogens (tertiary/aromatic N) is 4. The van der Waals surface area contributed by atoms with Gasteiger partial charge in [-0.1, -0.05) is 152 Å². The van der Waals surface area contributed by atoms with Gasteiger partial charge in [0.15, 0.2) is 0 Å². The third kappa shape index (κ3) is 4.95. The molecule has 4 nitrogen and oxygen atoms in total. The first-order chi connectivity index (χ1) is 28.8. The van der Waals surface area contributed by atoms with Gasteiger partial charge in [0.05, 0.1) is 33.3 Å². The molecule has 12 aromatic rings. The number of benzene rings is 9. The Morgan fingerprint density at radius 2 is 0.897 bits per heavy atom. The minimum atomic E-state index is 0.638. The Labute approximate surface area is 334 Å². The van der Waals surface area contributed by atoms with E-state index in [4.69, 9.17) is 9.97 Å². The van der Waals surface area contributed by atoms with Gasteiger partial charge < -0.3 is 4.57 Å². The van der Waals surface area contributed by atoms with Crippen molar-refractivity contribution < 1.29 is 0 Å². The lowest BCUT2D eigenvalue weighted by molar-refractivity contribution is 1.01. The first-order valence-electron chi connectivity index (χ1n) is 19.8. The number of hydrogen-bond acceptors (Lipinski definition) is 2. The Hall–Kier alpha value is -7.82. The van der Waals surface area contributed by atoms with Crippen molar-refractivity contribution in [2.45, 2.75) is 0 Å². The van der Waals surface area contributed by atoms with Gasteiger partial charge in [-0.2, -0.15) is 0 Å². The second-order valence-corrected chi connectivity index (χ2v) is 15.0. The summed E-state index contributed by atoms with van der Waals surface area (Å²) in [5, 5.41) is 8.07. The van der Waals surface area contributed by atoms with E-state index in [0.29, 0.717) is 5.95 Å². The van der Waals surface area contributed by atoms with E-state index in [1.54, 1.807) is 0 Å². The number of rotatable bonds is 5. The van der Waals surface area contributed by atoms with Crippen LogP contribution in [0.1, 0.15) is 0 Å². The van der Waals surface area contributed by atoms with Crippen molar-refractivity contribution in [3.05, 3.63) is 206 Å². The summed E-state index contributed by atoms with van der Waals surface area (Å²) in [5.41, 5.74) is 12.9. The van der Waals surface area contributed by atoms with Crippen molar-refractivity contribution in [1.82, 2.24) is 19.1 Å². The molecule has 270 valence electrons. The third-order valence-corrected chi connectivity index (χ3v) is 11.7. The van der Waals surface area contributed by atoms with Gasteiger partial charge in [0, 0.05) is 38.2 Å². The minimum Gasteiger partial charge on any atom is -0.309 e. The van der Waals surface area contributed by atoms with E-state index in [9.17, 15) is 0 Å². The van der Waals surface area contributed by atoms with Crippen LogP contribution in [-0.4, -0.2) is 19.1 Å². The molecular weight excluding hydrogens is 705 g/mol. The molecule has 0 spiro atoms. The molecule has 0 aliphatic heterocycles. The predicted octanol–water partition coefficient (Wildman–Crippen LogP) is 14.0. The molecule has 12 rings (SSSR count). The molecule has 58 heavy (non-hydrogen) atoms. The average Bonchev–Trinajstić information content (AvgIpc) is 3.81. The molecule has 0 saturated heterocycles. The molecule has 0 aliphatic carbocycles. The van der Waals surface area contributed by atoms with E-state index in [2.05, 4.69) is 215 Å². The van der Waals surface area contributed by atoms with Crippen molar-refractivity contribution in [1.29, 1.82) is 0 Å². The van der Waals surface area contributed by atoms with Gasteiger partial charge >= 0.3 is 0 Å². The van der Waals surface area contributed by atoms with Gasteiger partial charge in [0.2, 0.25) is 5.95 Å². The highest BCUT2D eigenvalue weighted by Gasteiger charge is 2.23. The topological polar surface area (TPSA) is 35.6 Å². The lowest BCUT2D eigenvalue weighted by Crippen LogP contribution is -2.04. The fourth-order valence-corrected chi connectivity index (χ4v) is 9.12. The number of aromatic nitrogens is 4. The highest BCUT2D eigenvalue weighted by molar-refractivity contribution is 6.18. The quantitative estimate of drug-likeness (QED) is 0.176. The molecule has 3 heterocycles. The zero-order valence-corrected chi connectivity index (χ0v) is 31.4. The van der Waals surface area contributed by atoms with E-state index < -0.39 is 0 Å². The van der Waals surface area contributed by atoms with E-state index in [0.717, 1.165) is 77.6 Å². The fraction of sp³-hybridized carbons (Fsp3) is 0. The summed E-state index contributed by atoms with van der Waals surface area (Å²) in [6, 6.07) is 73.8. The minimum absolute atomic E-state index is 0.638. The van der Waals surface area contributed by atoms with E-state index in [1.165, 1.54) is 26.9 Å². The summed E-state index contributed by atoms with van der Waals surface area (Å²) in [6.45, 7) is 0. The summed E-state index contributed by atoms with van der Waals surface area (Å²) in [5.74, 6) is 0.638. The van der Waals surface area contributed by atoms with Gasteiger partial charge in [0.1, 0.15) is 0 Å². The average molecular weight is 739 g/mol. The molecule has 0 fully saturated rings. The van der Waals surface area contributed by atoms with E-state index in [1.807, 2.05) is 0 Å². The molecule has 3 aromatic heterocycles. The molecule has 0 saturated carbocycles. The Bertz CT molecular complexity index is 3550. The van der Waals surface area contributed by atoms with Crippen LogP contribution in [0.25, 0.3) is 110 Å². The molecule has 0 radical (unpaired) electrons. The van der Waals surface area contributed by atoms with Gasteiger partial charge in [-0.05, 0) is 87.6 Å². The Morgan fingerprint density at radius 1 is 0.328 bits per heavy atom. The standard InChI is InChI=1S/C54H34N4/c1-4-17-35(18-5-1)43-33-46-47(34-44(43)36-19-6-2-7-20-36)55-54(58-48-28-14-12-25-40(48)45-31-37-21-10-11-22-38(37)32-51(45)58)56-53(46)42-27-16-30-50-52(42)41-26-13-15-29-49(41)57(50)39-23-8-3-9-24-39/h1-34H. The van der Waals surface area contributed by atoms with Gasteiger partial charge in [0.25, 0.3) is 0 Å². The molecule has 0 bridgehead atoms. The summed E-state index contributed by atoms with van der Waals surface area (Å²) >= 11 is 0. The summed E-state index contributed by atoms with van der Waals surface area (Å²) in [7, 11) is 0. The molecule has 0 N–H and O–H groups in total. The lowest BCUT2D eigenvalue weighted by atomic mass is 9.91. The summed E-state index contributed by atoms with van der Waals surface area (Å²) in [4.78, 5) is 11.3. The highest BCUT2D eigenvalue weighted by Crippen LogP contribution is 2.44. The Kier molecular flexibility index (Phi) is 7.20. The Morgan fingerprint density at radius 3 is 1.62 bits per heavy atom. The van der Waals surface area contributed by atoms with E-state index in [-0.39, 0.29) is 0 Å². The zero-order valence-electron chi connectivity index (χ0n) is 31.4. The van der Waals surface area contributed by atoms with Gasteiger partial charge in [-0.3, -0.25) is 4.57 Å². The number of fused-ring (bicyclic) bond motifs is 8. The van der Waals surface area contributed by atoms with Crippen LogP contribution < -0.4 is 0 Å². The zero-order chi connectivity index (χ0) is 38.2. The van der Waals surface area contributed by atoms with Crippen molar-refractivity contribution in [2.24, 2.45) is 0 Å². The maximum Gasteiger partial charge on any atom is 0.235 e. The lowest BCUT2D eigenvalue weighted by Gasteiger charge is -2.17. The maximum absolute atomic E-state index is 5.71. The fourth-order valence-electron chi connectivity index (χ4n) is 9.12. The third-order valence-electron chi connectivity index (χ3n) is 11.7. The maximum atomic E-state index is 5.71. The van der Waals surface area contributed by atoms with Crippen molar-refractivity contribution in [3.63, 3.8) is 0 Å². The number of hydrogen-bond donors (Lipinski definition) is 0. The SMILES string of the molecule is c1ccc(-c2cc3nc(-n4c5ccccc5c5cc6ccccc6cc54)nc(-c4cccc5c4c4ccccc4n5-c4ccccc4)c3cc2-c2ccccc2)cc1. The monoisotopic (exact) mass is 738 g/mol. The van der Waals surface area contributed by atoms with Crippen LogP contribution in [0.15, 0.2) is 206 Å². The molecule has 0 atom stereocenters. The van der Waals surface area contributed by atoms with Crippen LogP contribution in [0.2, 0.25) is 0 Å². The first-order valence-corrected chi connectivity index (χ1v) is 19.8. The molecular formula is C54H34N4. The first kappa shape index (κ1) is 32.4. The smallest absolute Gasteiger partial charge is 0.235 e. The molecule has 0 amide bonds. The molecule has 0 aliphatic rings. The normalized spacial score (nSPS) is 11.8. The van der Waals surface area contributed by atoms with Crippen LogP contribution in [0.4, 0.5) is 0 Å². The van der Waals surface area contributed by atoms with Crippen molar-refractivity contribution in [2.75, 3.05) is 0 Å². The van der Waals surface area contributed by atoms with Gasteiger partial charge in [-0.15, -0.1) is 0 Å².